The van der Waals surface area contributed by atoms with Crippen LogP contribution in [0.5, 0.6) is 0 Å². The molecule has 1 aliphatic carbocycles. The summed E-state index contributed by atoms with van der Waals surface area (Å²) in [6.45, 7) is 0. The van der Waals surface area contributed by atoms with Crippen LogP contribution in [0, 0.1) is 5.92 Å². The summed E-state index contributed by atoms with van der Waals surface area (Å²) >= 11 is 2.77. The molecule has 1 aromatic carbocycles. The number of anilines is 1. The molecular weight excluding hydrogens is 390 g/mol. The lowest BCUT2D eigenvalue weighted by atomic mass is 10.0. The fourth-order valence-electron chi connectivity index (χ4n) is 3.45. The molecule has 0 bridgehead atoms. The van der Waals surface area contributed by atoms with Crippen molar-refractivity contribution in [2.75, 3.05) is 11.1 Å². The van der Waals surface area contributed by atoms with Crippen molar-refractivity contribution >= 4 is 34.1 Å². The number of carbonyl (C=O) groups is 1. The van der Waals surface area contributed by atoms with Gasteiger partial charge in [0.2, 0.25) is 11.1 Å². The molecule has 1 amide bonds. The number of nitrogens with one attached hydrogen (secondary N) is 2. The van der Waals surface area contributed by atoms with Crippen molar-refractivity contribution < 1.29 is 4.79 Å². The van der Waals surface area contributed by atoms with E-state index < -0.39 is 0 Å². The van der Waals surface area contributed by atoms with Crippen LogP contribution in [0.2, 0.25) is 0 Å². The van der Waals surface area contributed by atoms with Crippen molar-refractivity contribution in [3.05, 3.63) is 41.5 Å². The molecule has 2 aromatic heterocycles. The van der Waals surface area contributed by atoms with Crippen LogP contribution in [-0.2, 0) is 11.2 Å². The van der Waals surface area contributed by atoms with Crippen LogP contribution in [0.15, 0.2) is 40.9 Å². The van der Waals surface area contributed by atoms with Gasteiger partial charge in [-0.05, 0) is 12.3 Å². The van der Waals surface area contributed by atoms with E-state index in [1.807, 2.05) is 35.7 Å². The monoisotopic (exact) mass is 413 g/mol. The van der Waals surface area contributed by atoms with Crippen molar-refractivity contribution in [3.8, 4) is 11.3 Å². The molecule has 0 aliphatic heterocycles. The molecule has 0 unspecified atom stereocenters. The molecule has 0 atom stereocenters. The Labute approximate surface area is 172 Å². The number of benzene rings is 1. The van der Waals surface area contributed by atoms with Gasteiger partial charge >= 0.3 is 0 Å². The van der Waals surface area contributed by atoms with E-state index in [2.05, 4.69) is 25.5 Å². The number of H-pyrrole nitrogens is 1. The first kappa shape index (κ1) is 19.1. The first-order valence-electron chi connectivity index (χ1n) is 9.61. The predicted molar refractivity (Wildman–Crippen MR) is 114 cm³/mol. The van der Waals surface area contributed by atoms with Gasteiger partial charge in [-0.3, -0.25) is 9.89 Å². The minimum absolute atomic E-state index is 0.101. The Kier molecular flexibility index (Phi) is 6.38. The van der Waals surface area contributed by atoms with E-state index in [1.54, 1.807) is 0 Å². The van der Waals surface area contributed by atoms with Gasteiger partial charge in [-0.15, -0.1) is 16.4 Å². The van der Waals surface area contributed by atoms with Crippen LogP contribution in [0.4, 0.5) is 5.13 Å². The summed E-state index contributed by atoms with van der Waals surface area (Å²) in [5.74, 6) is 1.92. The largest absolute Gasteiger partial charge is 0.301 e. The number of nitrogens with zero attached hydrogens (tertiary/aromatic N) is 3. The normalized spacial score (nSPS) is 14.4. The number of rotatable bonds is 8. The van der Waals surface area contributed by atoms with Gasteiger partial charge in [0.25, 0.3) is 0 Å². The third kappa shape index (κ3) is 5.20. The molecule has 2 N–H and O–H groups in total. The van der Waals surface area contributed by atoms with Crippen molar-refractivity contribution in [2.24, 2.45) is 5.92 Å². The van der Waals surface area contributed by atoms with Crippen molar-refractivity contribution in [1.82, 2.24) is 20.2 Å². The summed E-state index contributed by atoms with van der Waals surface area (Å²) in [6.07, 6.45) is 7.53. The molecule has 146 valence electrons. The van der Waals surface area contributed by atoms with Gasteiger partial charge < -0.3 is 5.32 Å². The Morgan fingerprint density at radius 2 is 2.04 bits per heavy atom. The maximum Gasteiger partial charge on any atom is 0.236 e. The molecule has 0 saturated heterocycles. The predicted octanol–water partition coefficient (Wildman–Crippen LogP) is 4.78. The molecule has 6 nitrogen and oxygen atoms in total. The number of thiazole rings is 1. The Hall–Kier alpha value is -2.19. The second-order valence-corrected chi connectivity index (χ2v) is 8.80. The quantitative estimate of drug-likeness (QED) is 0.519. The highest BCUT2D eigenvalue weighted by molar-refractivity contribution is 7.99. The topological polar surface area (TPSA) is 83.6 Å². The van der Waals surface area contributed by atoms with Crippen LogP contribution >= 0.6 is 23.1 Å². The first-order valence-corrected chi connectivity index (χ1v) is 11.5. The Bertz CT molecular complexity index is 902. The molecule has 8 heteroatoms. The fraction of sp³-hybridized carbons (Fsp3) is 0.400. The highest BCUT2D eigenvalue weighted by Gasteiger charge is 2.16. The highest BCUT2D eigenvalue weighted by Crippen LogP contribution is 2.28. The molecule has 1 saturated carbocycles. The molecular formula is C20H23N5OS2. The van der Waals surface area contributed by atoms with E-state index in [0.29, 0.717) is 10.3 Å². The smallest absolute Gasteiger partial charge is 0.236 e. The molecule has 0 radical (unpaired) electrons. The van der Waals surface area contributed by atoms with Gasteiger partial charge in [0.05, 0.1) is 11.4 Å². The van der Waals surface area contributed by atoms with Crippen molar-refractivity contribution in [2.45, 2.75) is 43.7 Å². The number of aromatic nitrogens is 4. The lowest BCUT2D eigenvalue weighted by Gasteiger charge is -2.05. The zero-order valence-electron chi connectivity index (χ0n) is 15.6. The van der Waals surface area contributed by atoms with Crippen LogP contribution in [-0.4, -0.2) is 31.8 Å². The summed E-state index contributed by atoms with van der Waals surface area (Å²) in [4.78, 5) is 21.2. The second kappa shape index (κ2) is 9.34. The van der Waals surface area contributed by atoms with Crippen LogP contribution in [0.3, 0.4) is 0 Å². The zero-order chi connectivity index (χ0) is 19.2. The molecule has 3 aromatic rings. The van der Waals surface area contributed by atoms with Gasteiger partial charge in [-0.25, -0.2) is 9.97 Å². The highest BCUT2D eigenvalue weighted by atomic mass is 32.2. The van der Waals surface area contributed by atoms with E-state index >= 15 is 0 Å². The average Bonchev–Trinajstić information content (AvgIpc) is 3.47. The van der Waals surface area contributed by atoms with Crippen LogP contribution < -0.4 is 5.32 Å². The number of aryl methyl sites for hydroxylation is 1. The number of thioether (sulfide) groups is 1. The van der Waals surface area contributed by atoms with Gasteiger partial charge in [0, 0.05) is 17.4 Å². The Morgan fingerprint density at radius 3 is 2.86 bits per heavy atom. The van der Waals surface area contributed by atoms with Crippen molar-refractivity contribution in [3.63, 3.8) is 0 Å². The molecule has 1 fully saturated rings. The maximum absolute atomic E-state index is 12.2. The lowest BCUT2D eigenvalue weighted by molar-refractivity contribution is -0.113. The van der Waals surface area contributed by atoms with E-state index in [-0.39, 0.29) is 11.7 Å². The minimum atomic E-state index is -0.101. The second-order valence-electron chi connectivity index (χ2n) is 6.99. The summed E-state index contributed by atoms with van der Waals surface area (Å²) in [7, 11) is 0. The van der Waals surface area contributed by atoms with Crippen LogP contribution in [0.1, 0.15) is 37.9 Å². The van der Waals surface area contributed by atoms with Crippen molar-refractivity contribution in [1.29, 1.82) is 0 Å². The molecule has 1 aliphatic rings. The zero-order valence-corrected chi connectivity index (χ0v) is 17.2. The van der Waals surface area contributed by atoms with E-state index in [4.69, 9.17) is 0 Å². The third-order valence-corrected chi connectivity index (χ3v) is 6.53. The number of carbonyl (C=O) groups excluding carboxylic acids is 1. The summed E-state index contributed by atoms with van der Waals surface area (Å²) < 4.78 is 0. The Balaban J connectivity index is 1.23. The molecule has 0 spiro atoms. The van der Waals surface area contributed by atoms with E-state index in [0.717, 1.165) is 29.4 Å². The number of hydrogen-bond acceptors (Lipinski definition) is 6. The summed E-state index contributed by atoms with van der Waals surface area (Å²) in [5, 5.41) is 13.3. The summed E-state index contributed by atoms with van der Waals surface area (Å²) in [5.41, 5.74) is 1.91. The molecule has 28 heavy (non-hydrogen) atoms. The first-order chi connectivity index (χ1) is 13.8. The fourth-order valence-corrected chi connectivity index (χ4v) is 4.81. The van der Waals surface area contributed by atoms with E-state index in [1.165, 1.54) is 55.2 Å². The average molecular weight is 414 g/mol. The maximum atomic E-state index is 12.2. The van der Waals surface area contributed by atoms with Gasteiger partial charge in [0.1, 0.15) is 5.82 Å². The van der Waals surface area contributed by atoms with Gasteiger partial charge in [-0.1, -0.05) is 67.8 Å². The minimum Gasteiger partial charge on any atom is -0.301 e. The van der Waals surface area contributed by atoms with Gasteiger partial charge in [0.15, 0.2) is 5.13 Å². The third-order valence-electron chi connectivity index (χ3n) is 4.93. The standard InChI is InChI=1S/C20H23N5OS2/c26-18(23-19-21-16(12-27-19)15-8-2-1-3-9-15)13-28-20-22-17(24-25-20)11-10-14-6-4-5-7-14/h1-3,8-9,12,14H,4-7,10-11,13H2,(H,21,23,26)(H,22,24,25). The Morgan fingerprint density at radius 1 is 1.21 bits per heavy atom. The van der Waals surface area contributed by atoms with Gasteiger partial charge in [-0.2, -0.15) is 0 Å². The lowest BCUT2D eigenvalue weighted by Crippen LogP contribution is -2.13. The molecule has 4 rings (SSSR count). The van der Waals surface area contributed by atoms with E-state index in [9.17, 15) is 4.79 Å². The SMILES string of the molecule is O=C(CSc1n[nH]c(CCC2CCCC2)n1)Nc1nc(-c2ccccc2)cs1. The number of amides is 1. The van der Waals surface area contributed by atoms with Crippen LogP contribution in [0.25, 0.3) is 11.3 Å². The molecule has 2 heterocycles. The number of aromatic amines is 1. The summed E-state index contributed by atoms with van der Waals surface area (Å²) in [6, 6.07) is 9.93. The number of hydrogen-bond donors (Lipinski definition) is 2.